The van der Waals surface area contributed by atoms with Gasteiger partial charge < -0.3 is 9.64 Å². The topological polar surface area (TPSA) is 25.4 Å². The third-order valence-corrected chi connectivity index (χ3v) is 5.88. The molecule has 0 atom stereocenters. The molecule has 0 N–H and O–H groups in total. The Bertz CT molecular complexity index is 1410. The molecule has 0 spiro atoms. The van der Waals surface area contributed by atoms with E-state index in [0.29, 0.717) is 6.61 Å². The largest absolute Gasteiger partial charge is 0.489 e. The van der Waals surface area contributed by atoms with Crippen LogP contribution in [0.2, 0.25) is 0 Å². The first-order valence-electron chi connectivity index (χ1n) is 10.2. The molecule has 0 amide bonds. The van der Waals surface area contributed by atoms with E-state index >= 15 is 0 Å². The van der Waals surface area contributed by atoms with Gasteiger partial charge in [-0.05, 0) is 17.7 Å². The van der Waals surface area contributed by atoms with Gasteiger partial charge in [0.15, 0.2) is 0 Å². The number of para-hydroxylation sites is 2. The summed E-state index contributed by atoms with van der Waals surface area (Å²) in [5.74, 6) is 0.835. The summed E-state index contributed by atoms with van der Waals surface area (Å²) in [7, 11) is 2.12. The van der Waals surface area contributed by atoms with Crippen LogP contribution in [0.25, 0.3) is 32.9 Å². The second kappa shape index (κ2) is 6.60. The molecule has 1 aromatic heterocycles. The summed E-state index contributed by atoms with van der Waals surface area (Å²) < 4.78 is 6.19. The molecule has 30 heavy (non-hydrogen) atoms. The molecule has 1 aliphatic rings. The van der Waals surface area contributed by atoms with Crippen LogP contribution >= 0.6 is 0 Å². The van der Waals surface area contributed by atoms with Crippen molar-refractivity contribution in [2.45, 2.75) is 6.61 Å². The number of pyridine rings is 1. The molecule has 1 aliphatic heterocycles. The Morgan fingerprint density at radius 3 is 2.43 bits per heavy atom. The van der Waals surface area contributed by atoms with Gasteiger partial charge in [-0.25, -0.2) is 4.98 Å². The lowest BCUT2D eigenvalue weighted by molar-refractivity contribution is 0.306. The summed E-state index contributed by atoms with van der Waals surface area (Å²) in [4.78, 5) is 7.24. The molecule has 0 saturated carbocycles. The first-order valence-corrected chi connectivity index (χ1v) is 10.2. The minimum absolute atomic E-state index is 0.534. The van der Waals surface area contributed by atoms with Crippen LogP contribution < -0.4 is 9.64 Å². The Kier molecular flexibility index (Phi) is 3.75. The average molecular weight is 388 g/mol. The van der Waals surface area contributed by atoms with Crippen LogP contribution in [0.5, 0.6) is 5.75 Å². The van der Waals surface area contributed by atoms with Gasteiger partial charge in [0.1, 0.15) is 12.4 Å². The summed E-state index contributed by atoms with van der Waals surface area (Å²) in [6.45, 7) is 0.534. The van der Waals surface area contributed by atoms with Gasteiger partial charge >= 0.3 is 0 Å². The minimum Gasteiger partial charge on any atom is -0.489 e. The molecule has 0 radical (unpaired) electrons. The van der Waals surface area contributed by atoms with Crippen LogP contribution in [-0.4, -0.2) is 12.0 Å². The molecule has 4 aromatic carbocycles. The number of hydrogen-bond donors (Lipinski definition) is 0. The lowest BCUT2D eigenvalue weighted by atomic mass is 9.90. The molecule has 3 nitrogen and oxygen atoms in total. The van der Waals surface area contributed by atoms with Gasteiger partial charge in [0.25, 0.3) is 0 Å². The van der Waals surface area contributed by atoms with Crippen molar-refractivity contribution in [1.29, 1.82) is 0 Å². The molecule has 144 valence electrons. The molecular weight excluding hydrogens is 368 g/mol. The molecule has 0 unspecified atom stereocenters. The Morgan fingerprint density at radius 2 is 1.53 bits per heavy atom. The molecule has 0 saturated heterocycles. The molecule has 3 heteroatoms. The fraction of sp³-hybridized carbons (Fsp3) is 0.0741. The number of aromatic nitrogens is 1. The zero-order valence-electron chi connectivity index (χ0n) is 16.7. The Hall–Kier alpha value is -3.85. The van der Waals surface area contributed by atoms with E-state index in [2.05, 4.69) is 78.7 Å². The van der Waals surface area contributed by atoms with Crippen molar-refractivity contribution in [3.05, 3.63) is 96.6 Å². The van der Waals surface area contributed by atoms with E-state index in [1.165, 1.54) is 27.6 Å². The maximum Gasteiger partial charge on any atom is 0.124 e. The standard InChI is InChI=1S/C27H20N2O/c1-29-24-14-8-6-12-21(24)26-20-11-5-7-13-22(20)28-23-15-19(16-25(29)27(23)26)30-17-18-9-3-2-4-10-18/h2-16H,17H2,1H3. The van der Waals surface area contributed by atoms with E-state index in [0.717, 1.165) is 28.0 Å². The molecule has 5 aromatic rings. The zero-order valence-corrected chi connectivity index (χ0v) is 16.7. The van der Waals surface area contributed by atoms with Gasteiger partial charge in [-0.2, -0.15) is 0 Å². The molecule has 0 bridgehead atoms. The van der Waals surface area contributed by atoms with E-state index in [1.807, 2.05) is 24.3 Å². The number of nitrogens with zero attached hydrogens (tertiary/aromatic N) is 2. The highest BCUT2D eigenvalue weighted by Gasteiger charge is 2.25. The monoisotopic (exact) mass is 388 g/mol. The second-order valence-electron chi connectivity index (χ2n) is 7.69. The fourth-order valence-electron chi connectivity index (χ4n) is 4.45. The Balaban J connectivity index is 1.60. The maximum atomic E-state index is 6.19. The number of hydrogen-bond acceptors (Lipinski definition) is 3. The smallest absolute Gasteiger partial charge is 0.124 e. The first-order chi connectivity index (χ1) is 14.8. The van der Waals surface area contributed by atoms with Gasteiger partial charge in [0.2, 0.25) is 0 Å². The van der Waals surface area contributed by atoms with Crippen molar-refractivity contribution < 1.29 is 4.74 Å². The third-order valence-electron chi connectivity index (χ3n) is 5.88. The number of benzene rings is 4. The van der Waals surface area contributed by atoms with E-state index in [4.69, 9.17) is 9.72 Å². The highest BCUT2D eigenvalue weighted by atomic mass is 16.5. The van der Waals surface area contributed by atoms with E-state index in [-0.39, 0.29) is 0 Å². The van der Waals surface area contributed by atoms with Crippen LogP contribution in [-0.2, 0) is 6.61 Å². The first kappa shape index (κ1) is 17.0. The maximum absolute atomic E-state index is 6.19. The van der Waals surface area contributed by atoms with Crippen molar-refractivity contribution in [3.63, 3.8) is 0 Å². The van der Waals surface area contributed by atoms with Gasteiger partial charge in [-0.3, -0.25) is 0 Å². The highest BCUT2D eigenvalue weighted by molar-refractivity contribution is 6.19. The van der Waals surface area contributed by atoms with E-state index in [9.17, 15) is 0 Å². The summed E-state index contributed by atoms with van der Waals surface area (Å²) in [5, 5.41) is 2.37. The van der Waals surface area contributed by atoms with Crippen molar-refractivity contribution >= 4 is 33.2 Å². The van der Waals surface area contributed by atoms with Crippen LogP contribution in [0.4, 0.5) is 11.4 Å². The van der Waals surface area contributed by atoms with E-state index < -0.39 is 0 Å². The third kappa shape index (κ3) is 2.56. The van der Waals surface area contributed by atoms with Crippen LogP contribution in [0, 0.1) is 0 Å². The SMILES string of the molecule is CN1c2ccccc2-c2c3ccccc3nc3cc(OCc4ccccc4)cc1c23. The number of rotatable bonds is 3. The summed E-state index contributed by atoms with van der Waals surface area (Å²) >= 11 is 0. The summed E-state index contributed by atoms with van der Waals surface area (Å²) in [6, 6.07) is 31.4. The van der Waals surface area contributed by atoms with Crippen LogP contribution in [0.3, 0.4) is 0 Å². The van der Waals surface area contributed by atoms with E-state index in [1.54, 1.807) is 0 Å². The van der Waals surface area contributed by atoms with Crippen molar-refractivity contribution in [2.75, 3.05) is 11.9 Å². The Morgan fingerprint density at radius 1 is 0.767 bits per heavy atom. The lowest BCUT2D eigenvalue weighted by Crippen LogP contribution is -2.15. The predicted octanol–water partition coefficient (Wildman–Crippen LogP) is 6.72. The second-order valence-corrected chi connectivity index (χ2v) is 7.69. The van der Waals surface area contributed by atoms with Crippen molar-refractivity contribution in [2.24, 2.45) is 0 Å². The molecular formula is C27H20N2O. The quantitative estimate of drug-likeness (QED) is 0.321. The molecule has 2 heterocycles. The highest BCUT2D eigenvalue weighted by Crippen LogP contribution is 2.50. The number of anilines is 2. The Labute approximate surface area is 175 Å². The number of ether oxygens (including phenoxy) is 1. The van der Waals surface area contributed by atoms with Gasteiger partial charge in [0, 0.05) is 46.8 Å². The zero-order chi connectivity index (χ0) is 20.1. The summed E-state index contributed by atoms with van der Waals surface area (Å²) in [6.07, 6.45) is 0. The molecule has 6 rings (SSSR count). The average Bonchev–Trinajstić information content (AvgIpc) is 2.80. The normalized spacial score (nSPS) is 12.2. The lowest BCUT2D eigenvalue weighted by Gasteiger charge is -2.31. The van der Waals surface area contributed by atoms with Gasteiger partial charge in [-0.15, -0.1) is 0 Å². The summed E-state index contributed by atoms with van der Waals surface area (Å²) in [5.41, 5.74) is 7.95. The van der Waals surface area contributed by atoms with Crippen molar-refractivity contribution in [1.82, 2.24) is 4.98 Å². The van der Waals surface area contributed by atoms with Gasteiger partial charge in [0.05, 0.1) is 16.7 Å². The molecule has 0 fully saturated rings. The van der Waals surface area contributed by atoms with Crippen molar-refractivity contribution in [3.8, 4) is 16.9 Å². The fourth-order valence-corrected chi connectivity index (χ4v) is 4.45. The predicted molar refractivity (Wildman–Crippen MR) is 124 cm³/mol. The minimum atomic E-state index is 0.534. The van der Waals surface area contributed by atoms with Crippen LogP contribution in [0.1, 0.15) is 5.56 Å². The number of fused-ring (bicyclic) bond motifs is 4. The van der Waals surface area contributed by atoms with Gasteiger partial charge in [-0.1, -0.05) is 66.7 Å². The molecule has 0 aliphatic carbocycles. The van der Waals surface area contributed by atoms with Crippen LogP contribution in [0.15, 0.2) is 91.0 Å².